The maximum atomic E-state index is 6.10. The zero-order chi connectivity index (χ0) is 9.26. The maximum absolute atomic E-state index is 6.10. The van der Waals surface area contributed by atoms with Crippen LogP contribution in [0.5, 0.6) is 0 Å². The van der Waals surface area contributed by atoms with E-state index in [4.69, 9.17) is 11.6 Å². The van der Waals surface area contributed by atoms with Gasteiger partial charge in [-0.25, -0.2) is 0 Å². The summed E-state index contributed by atoms with van der Waals surface area (Å²) >= 11 is 6.10. The molecule has 0 aromatic heterocycles. The molecule has 0 fully saturated rings. The highest BCUT2D eigenvalue weighted by Crippen LogP contribution is 2.27. The first-order valence-corrected chi connectivity index (χ1v) is 5.43. The predicted octanol–water partition coefficient (Wildman–Crippen LogP) is 3.92. The Bertz CT molecular complexity index is 315. The normalized spacial score (nSPS) is 16.5. The molecular formula is C12H15Cl. The second kappa shape index (κ2) is 3.71. The van der Waals surface area contributed by atoms with Gasteiger partial charge in [-0.1, -0.05) is 24.1 Å². The fourth-order valence-corrected chi connectivity index (χ4v) is 2.34. The van der Waals surface area contributed by atoms with Crippen molar-refractivity contribution in [2.75, 3.05) is 0 Å². The van der Waals surface area contributed by atoms with E-state index in [0.29, 0.717) is 0 Å². The van der Waals surface area contributed by atoms with Crippen molar-refractivity contribution in [1.29, 1.82) is 0 Å². The van der Waals surface area contributed by atoms with Gasteiger partial charge >= 0.3 is 0 Å². The van der Waals surface area contributed by atoms with E-state index in [2.05, 4.69) is 13.0 Å². The lowest BCUT2D eigenvalue weighted by atomic mass is 9.98. The molecule has 0 saturated heterocycles. The van der Waals surface area contributed by atoms with Crippen LogP contribution in [0.2, 0.25) is 5.02 Å². The van der Waals surface area contributed by atoms with Gasteiger partial charge in [0.2, 0.25) is 0 Å². The second-order valence-electron chi connectivity index (χ2n) is 3.87. The second-order valence-corrected chi connectivity index (χ2v) is 4.28. The molecule has 1 aromatic rings. The Balaban J connectivity index is 2.48. The van der Waals surface area contributed by atoms with Crippen LogP contribution in [0.3, 0.4) is 0 Å². The molecule has 1 aliphatic rings. The number of fused-ring (bicyclic) bond motifs is 1. The summed E-state index contributed by atoms with van der Waals surface area (Å²) in [4.78, 5) is 0. The van der Waals surface area contributed by atoms with Crippen molar-refractivity contribution in [3.63, 3.8) is 0 Å². The molecule has 1 aromatic carbocycles. The molecule has 13 heavy (non-hydrogen) atoms. The van der Waals surface area contributed by atoms with E-state index in [1.54, 1.807) is 0 Å². The Morgan fingerprint density at radius 1 is 1.08 bits per heavy atom. The Labute approximate surface area is 84.9 Å². The maximum Gasteiger partial charge on any atom is 0.0438 e. The third-order valence-electron chi connectivity index (χ3n) is 3.00. The van der Waals surface area contributed by atoms with Crippen LogP contribution in [0.15, 0.2) is 12.1 Å². The van der Waals surface area contributed by atoms with Gasteiger partial charge in [-0.2, -0.15) is 0 Å². The molecule has 0 atom stereocenters. The molecule has 0 nitrogen and oxygen atoms in total. The number of hydrogen-bond acceptors (Lipinski definition) is 0. The standard InChI is InChI=1S/C12H15Cl/c1-9-11-6-4-2-3-5-10(11)7-8-12(9)13/h7-8H,2-6H2,1H3. The fourth-order valence-electron chi connectivity index (χ4n) is 2.16. The van der Waals surface area contributed by atoms with Crippen LogP contribution < -0.4 is 0 Å². The zero-order valence-electron chi connectivity index (χ0n) is 8.07. The first-order chi connectivity index (χ1) is 6.29. The monoisotopic (exact) mass is 194 g/mol. The third-order valence-corrected chi connectivity index (χ3v) is 3.41. The van der Waals surface area contributed by atoms with Gasteiger partial charge in [0.05, 0.1) is 0 Å². The van der Waals surface area contributed by atoms with Crippen molar-refractivity contribution in [3.8, 4) is 0 Å². The molecule has 0 unspecified atom stereocenters. The smallest absolute Gasteiger partial charge is 0.0438 e. The fraction of sp³-hybridized carbons (Fsp3) is 0.500. The quantitative estimate of drug-likeness (QED) is 0.550. The van der Waals surface area contributed by atoms with Gasteiger partial charge < -0.3 is 0 Å². The minimum atomic E-state index is 0.931. The number of hydrogen-bond donors (Lipinski definition) is 0. The molecule has 0 bridgehead atoms. The molecular weight excluding hydrogens is 180 g/mol. The van der Waals surface area contributed by atoms with E-state index in [9.17, 15) is 0 Å². The van der Waals surface area contributed by atoms with E-state index >= 15 is 0 Å². The molecule has 70 valence electrons. The molecule has 1 heteroatoms. The van der Waals surface area contributed by atoms with Gasteiger partial charge in [0.25, 0.3) is 0 Å². The van der Waals surface area contributed by atoms with E-state index in [-0.39, 0.29) is 0 Å². The molecule has 0 aliphatic heterocycles. The molecule has 2 rings (SSSR count). The van der Waals surface area contributed by atoms with Crippen LogP contribution >= 0.6 is 11.6 Å². The summed E-state index contributed by atoms with van der Waals surface area (Å²) in [5.74, 6) is 0. The average molecular weight is 195 g/mol. The average Bonchev–Trinajstić information content (AvgIpc) is 2.36. The van der Waals surface area contributed by atoms with E-state index < -0.39 is 0 Å². The number of aryl methyl sites for hydroxylation is 1. The highest BCUT2D eigenvalue weighted by molar-refractivity contribution is 6.31. The van der Waals surface area contributed by atoms with Gasteiger partial charge in [-0.3, -0.25) is 0 Å². The number of benzene rings is 1. The lowest BCUT2D eigenvalue weighted by molar-refractivity contribution is 0.711. The van der Waals surface area contributed by atoms with Crippen LogP contribution in [0, 0.1) is 6.92 Å². The Hall–Kier alpha value is -0.490. The number of halogens is 1. The third kappa shape index (κ3) is 1.73. The van der Waals surface area contributed by atoms with E-state index in [1.165, 1.54) is 48.8 Å². The SMILES string of the molecule is Cc1c(Cl)ccc2c1CCCCC2. The van der Waals surface area contributed by atoms with Crippen molar-refractivity contribution in [2.45, 2.75) is 39.0 Å². The Kier molecular flexibility index (Phi) is 2.59. The van der Waals surface area contributed by atoms with Crippen LogP contribution in [0.1, 0.15) is 36.0 Å². The zero-order valence-corrected chi connectivity index (χ0v) is 8.82. The first-order valence-electron chi connectivity index (χ1n) is 5.06. The molecule has 0 spiro atoms. The van der Waals surface area contributed by atoms with Crippen molar-refractivity contribution in [1.82, 2.24) is 0 Å². The van der Waals surface area contributed by atoms with Gasteiger partial charge in [0.15, 0.2) is 0 Å². The number of rotatable bonds is 0. The molecule has 0 radical (unpaired) electrons. The van der Waals surface area contributed by atoms with Gasteiger partial charge in [0, 0.05) is 5.02 Å². The Morgan fingerprint density at radius 3 is 2.69 bits per heavy atom. The molecule has 0 saturated carbocycles. The largest absolute Gasteiger partial charge is 0.0840 e. The van der Waals surface area contributed by atoms with Crippen molar-refractivity contribution < 1.29 is 0 Å². The van der Waals surface area contributed by atoms with Crippen molar-refractivity contribution in [3.05, 3.63) is 33.8 Å². The van der Waals surface area contributed by atoms with Crippen molar-refractivity contribution in [2.24, 2.45) is 0 Å². The van der Waals surface area contributed by atoms with E-state index in [1.807, 2.05) is 6.07 Å². The van der Waals surface area contributed by atoms with Crippen molar-refractivity contribution >= 4 is 11.6 Å². The van der Waals surface area contributed by atoms with E-state index in [0.717, 1.165) is 5.02 Å². The lowest BCUT2D eigenvalue weighted by Crippen LogP contribution is -1.94. The minimum absolute atomic E-state index is 0.931. The van der Waals surface area contributed by atoms with Gasteiger partial charge in [-0.05, 0) is 55.4 Å². The first kappa shape index (κ1) is 9.08. The summed E-state index contributed by atoms with van der Waals surface area (Å²) in [7, 11) is 0. The summed E-state index contributed by atoms with van der Waals surface area (Å²) in [6.07, 6.45) is 6.50. The summed E-state index contributed by atoms with van der Waals surface area (Å²) < 4.78 is 0. The lowest BCUT2D eigenvalue weighted by Gasteiger charge is -2.10. The van der Waals surface area contributed by atoms with Crippen LogP contribution in [-0.2, 0) is 12.8 Å². The highest BCUT2D eigenvalue weighted by Gasteiger charge is 2.11. The van der Waals surface area contributed by atoms with Crippen LogP contribution in [0.25, 0.3) is 0 Å². The summed E-state index contributed by atoms with van der Waals surface area (Å²) in [5.41, 5.74) is 4.35. The van der Waals surface area contributed by atoms with Gasteiger partial charge in [-0.15, -0.1) is 0 Å². The predicted molar refractivity (Wildman–Crippen MR) is 57.4 cm³/mol. The molecule has 0 amide bonds. The van der Waals surface area contributed by atoms with Gasteiger partial charge in [0.1, 0.15) is 0 Å². The van der Waals surface area contributed by atoms with Crippen LogP contribution in [0.4, 0.5) is 0 Å². The summed E-state index contributed by atoms with van der Waals surface area (Å²) in [5, 5.41) is 0.931. The Morgan fingerprint density at radius 2 is 1.85 bits per heavy atom. The van der Waals surface area contributed by atoms with Crippen LogP contribution in [-0.4, -0.2) is 0 Å². The molecule has 0 heterocycles. The summed E-state index contributed by atoms with van der Waals surface area (Å²) in [6.45, 7) is 2.15. The molecule has 1 aliphatic carbocycles. The minimum Gasteiger partial charge on any atom is -0.0840 e. The summed E-state index contributed by atoms with van der Waals surface area (Å²) in [6, 6.07) is 4.25. The highest BCUT2D eigenvalue weighted by atomic mass is 35.5. The molecule has 0 N–H and O–H groups in total. The topological polar surface area (TPSA) is 0 Å².